The Bertz CT molecular complexity index is 331. The lowest BCUT2D eigenvalue weighted by Gasteiger charge is -2.15. The second-order valence-corrected chi connectivity index (χ2v) is 3.87. The predicted molar refractivity (Wildman–Crippen MR) is 62.0 cm³/mol. The average Bonchev–Trinajstić information content (AvgIpc) is 2.23. The third-order valence-electron chi connectivity index (χ3n) is 2.27. The molecule has 0 radical (unpaired) electrons. The fraction of sp³-hybridized carbons (Fsp3) is 0.583. The van der Waals surface area contributed by atoms with E-state index in [9.17, 15) is 4.39 Å². The topological polar surface area (TPSA) is 34.1 Å². The SMILES string of the molecule is CCCC(C)Oc1ncc(F)cc1CNC. The molecule has 1 rings (SSSR count). The van der Waals surface area contributed by atoms with Crippen LogP contribution in [-0.2, 0) is 6.54 Å². The van der Waals surface area contributed by atoms with E-state index in [0.717, 1.165) is 18.4 Å². The van der Waals surface area contributed by atoms with Crippen LogP contribution in [0, 0.1) is 5.82 Å². The normalized spacial score (nSPS) is 12.5. The highest BCUT2D eigenvalue weighted by molar-refractivity contribution is 5.26. The first-order chi connectivity index (χ1) is 7.67. The Balaban J connectivity index is 2.77. The van der Waals surface area contributed by atoms with E-state index in [1.165, 1.54) is 12.3 Å². The molecule has 0 aliphatic rings. The van der Waals surface area contributed by atoms with E-state index >= 15 is 0 Å². The van der Waals surface area contributed by atoms with E-state index in [1.54, 1.807) is 0 Å². The first-order valence-electron chi connectivity index (χ1n) is 5.63. The minimum absolute atomic E-state index is 0.110. The lowest BCUT2D eigenvalue weighted by atomic mass is 10.2. The van der Waals surface area contributed by atoms with Crippen molar-refractivity contribution in [3.05, 3.63) is 23.6 Å². The van der Waals surface area contributed by atoms with Gasteiger partial charge in [0.1, 0.15) is 5.82 Å². The van der Waals surface area contributed by atoms with Crippen molar-refractivity contribution in [3.8, 4) is 5.88 Å². The molecule has 0 bridgehead atoms. The summed E-state index contributed by atoms with van der Waals surface area (Å²) in [4.78, 5) is 3.98. The molecular formula is C12H19FN2O. The maximum Gasteiger partial charge on any atom is 0.218 e. The van der Waals surface area contributed by atoms with Gasteiger partial charge in [0.15, 0.2) is 0 Å². The number of hydrogen-bond acceptors (Lipinski definition) is 3. The molecule has 0 aliphatic carbocycles. The molecule has 1 aromatic heterocycles. The highest BCUT2D eigenvalue weighted by atomic mass is 19.1. The van der Waals surface area contributed by atoms with E-state index in [-0.39, 0.29) is 11.9 Å². The molecule has 0 aromatic carbocycles. The van der Waals surface area contributed by atoms with Crippen LogP contribution in [0.5, 0.6) is 5.88 Å². The largest absolute Gasteiger partial charge is 0.474 e. The minimum atomic E-state index is -0.333. The molecule has 0 fully saturated rings. The summed E-state index contributed by atoms with van der Waals surface area (Å²) in [5.74, 6) is 0.192. The molecule has 3 nitrogen and oxygen atoms in total. The van der Waals surface area contributed by atoms with Crippen LogP contribution in [0.15, 0.2) is 12.3 Å². The van der Waals surface area contributed by atoms with Gasteiger partial charge in [-0.2, -0.15) is 0 Å². The van der Waals surface area contributed by atoms with Gasteiger partial charge in [0, 0.05) is 12.1 Å². The zero-order chi connectivity index (χ0) is 12.0. The summed E-state index contributed by atoms with van der Waals surface area (Å²) in [6.07, 6.45) is 3.33. The first kappa shape index (κ1) is 12.9. The Morgan fingerprint density at radius 2 is 2.31 bits per heavy atom. The molecule has 1 unspecified atom stereocenters. The summed E-state index contributed by atoms with van der Waals surface area (Å²) in [6, 6.07) is 1.46. The second-order valence-electron chi connectivity index (χ2n) is 3.87. The van der Waals surface area contributed by atoms with Crippen LogP contribution in [-0.4, -0.2) is 18.1 Å². The molecule has 1 N–H and O–H groups in total. The van der Waals surface area contributed by atoms with E-state index < -0.39 is 0 Å². The number of nitrogens with one attached hydrogen (secondary N) is 1. The molecule has 90 valence electrons. The van der Waals surface area contributed by atoms with Crippen LogP contribution >= 0.6 is 0 Å². The van der Waals surface area contributed by atoms with Crippen molar-refractivity contribution < 1.29 is 9.13 Å². The summed E-state index contributed by atoms with van der Waals surface area (Å²) >= 11 is 0. The zero-order valence-corrected chi connectivity index (χ0v) is 10.1. The highest BCUT2D eigenvalue weighted by Crippen LogP contribution is 2.18. The standard InChI is InChI=1S/C12H19FN2O/c1-4-5-9(2)16-12-10(7-14-3)6-11(13)8-15-12/h6,8-9,14H,4-5,7H2,1-3H3. The van der Waals surface area contributed by atoms with Crippen molar-refractivity contribution in [1.82, 2.24) is 10.3 Å². The smallest absolute Gasteiger partial charge is 0.218 e. The Kier molecular flexibility index (Phi) is 5.19. The summed E-state index contributed by atoms with van der Waals surface area (Å²) in [6.45, 7) is 4.66. The molecular weight excluding hydrogens is 207 g/mol. The average molecular weight is 226 g/mol. The maximum absolute atomic E-state index is 13.0. The van der Waals surface area contributed by atoms with Crippen LogP contribution in [0.2, 0.25) is 0 Å². The van der Waals surface area contributed by atoms with Crippen molar-refractivity contribution >= 4 is 0 Å². The van der Waals surface area contributed by atoms with Gasteiger partial charge >= 0.3 is 0 Å². The van der Waals surface area contributed by atoms with Crippen LogP contribution in [0.4, 0.5) is 4.39 Å². The van der Waals surface area contributed by atoms with E-state index in [2.05, 4.69) is 17.2 Å². The Labute approximate surface area is 96.0 Å². The minimum Gasteiger partial charge on any atom is -0.474 e. The summed E-state index contributed by atoms with van der Waals surface area (Å²) in [7, 11) is 1.81. The van der Waals surface area contributed by atoms with Crippen molar-refractivity contribution in [2.75, 3.05) is 7.05 Å². The number of halogens is 1. The number of nitrogens with zero attached hydrogens (tertiary/aromatic N) is 1. The van der Waals surface area contributed by atoms with Crippen molar-refractivity contribution in [3.63, 3.8) is 0 Å². The van der Waals surface area contributed by atoms with Gasteiger partial charge in [0.25, 0.3) is 0 Å². The van der Waals surface area contributed by atoms with Crippen LogP contribution in [0.3, 0.4) is 0 Å². The Morgan fingerprint density at radius 3 is 2.94 bits per heavy atom. The third kappa shape index (κ3) is 3.77. The summed E-state index contributed by atoms with van der Waals surface area (Å²) < 4.78 is 18.7. The molecule has 4 heteroatoms. The Morgan fingerprint density at radius 1 is 1.56 bits per heavy atom. The summed E-state index contributed by atoms with van der Waals surface area (Å²) in [5, 5.41) is 2.97. The van der Waals surface area contributed by atoms with Gasteiger partial charge in [-0.05, 0) is 26.5 Å². The highest BCUT2D eigenvalue weighted by Gasteiger charge is 2.10. The van der Waals surface area contributed by atoms with Gasteiger partial charge in [0.05, 0.1) is 12.3 Å². The lowest BCUT2D eigenvalue weighted by Crippen LogP contribution is -2.15. The van der Waals surface area contributed by atoms with Gasteiger partial charge < -0.3 is 10.1 Å². The lowest BCUT2D eigenvalue weighted by molar-refractivity contribution is 0.198. The number of ether oxygens (including phenoxy) is 1. The van der Waals surface area contributed by atoms with Gasteiger partial charge in [-0.25, -0.2) is 9.37 Å². The van der Waals surface area contributed by atoms with E-state index in [4.69, 9.17) is 4.74 Å². The molecule has 0 saturated heterocycles. The monoisotopic (exact) mass is 226 g/mol. The molecule has 1 aromatic rings. The number of rotatable bonds is 6. The molecule has 0 saturated carbocycles. The maximum atomic E-state index is 13.0. The van der Waals surface area contributed by atoms with Gasteiger partial charge in [0.2, 0.25) is 5.88 Å². The van der Waals surface area contributed by atoms with Gasteiger partial charge in [-0.3, -0.25) is 0 Å². The third-order valence-corrected chi connectivity index (χ3v) is 2.27. The summed E-state index contributed by atoms with van der Waals surface area (Å²) in [5.41, 5.74) is 0.755. The second kappa shape index (κ2) is 6.43. The first-order valence-corrected chi connectivity index (χ1v) is 5.63. The fourth-order valence-corrected chi connectivity index (χ4v) is 1.55. The van der Waals surface area contributed by atoms with E-state index in [1.807, 2.05) is 14.0 Å². The number of pyridine rings is 1. The van der Waals surface area contributed by atoms with Crippen molar-refractivity contribution in [1.29, 1.82) is 0 Å². The van der Waals surface area contributed by atoms with Crippen LogP contribution in [0.25, 0.3) is 0 Å². The van der Waals surface area contributed by atoms with Crippen LogP contribution in [0.1, 0.15) is 32.3 Å². The molecule has 1 heterocycles. The van der Waals surface area contributed by atoms with Crippen molar-refractivity contribution in [2.45, 2.75) is 39.3 Å². The number of hydrogen-bond donors (Lipinski definition) is 1. The molecule has 0 spiro atoms. The Hall–Kier alpha value is -1.16. The zero-order valence-electron chi connectivity index (χ0n) is 10.1. The molecule has 1 atom stereocenters. The quantitative estimate of drug-likeness (QED) is 0.809. The number of aromatic nitrogens is 1. The van der Waals surface area contributed by atoms with Crippen LogP contribution < -0.4 is 10.1 Å². The predicted octanol–water partition coefficient (Wildman–Crippen LogP) is 2.51. The molecule has 0 aliphatic heterocycles. The van der Waals surface area contributed by atoms with Gasteiger partial charge in [-0.1, -0.05) is 13.3 Å². The van der Waals surface area contributed by atoms with Gasteiger partial charge in [-0.15, -0.1) is 0 Å². The van der Waals surface area contributed by atoms with E-state index in [0.29, 0.717) is 12.4 Å². The molecule has 16 heavy (non-hydrogen) atoms. The molecule has 0 amide bonds. The fourth-order valence-electron chi connectivity index (χ4n) is 1.55. The van der Waals surface area contributed by atoms with Crippen molar-refractivity contribution in [2.24, 2.45) is 0 Å².